The molecule has 0 unspecified atom stereocenters. The van der Waals surface area contributed by atoms with Gasteiger partial charge in [0.2, 0.25) is 0 Å². The molecule has 1 fully saturated rings. The first kappa shape index (κ1) is 17.5. The molecule has 0 atom stereocenters. The average Bonchev–Trinajstić information content (AvgIpc) is 3.15. The molecule has 2 aromatic rings. The molecule has 2 amide bonds. The molecule has 2 aromatic carbocycles. The van der Waals surface area contributed by atoms with Crippen molar-refractivity contribution in [2.24, 2.45) is 0 Å². The van der Waals surface area contributed by atoms with Gasteiger partial charge in [0.15, 0.2) is 0 Å². The SMILES string of the molecule is O=C(NCCCN1CCCC1)c1ccc2c(c1)NC(=O)c1ccccc1N2. The summed E-state index contributed by atoms with van der Waals surface area (Å²) in [4.78, 5) is 27.3. The molecule has 1 saturated heterocycles. The predicted molar refractivity (Wildman–Crippen MR) is 107 cm³/mol. The third-order valence-electron chi connectivity index (χ3n) is 5.11. The molecule has 2 aliphatic rings. The summed E-state index contributed by atoms with van der Waals surface area (Å²) >= 11 is 0. The van der Waals surface area contributed by atoms with Crippen LogP contribution in [0.5, 0.6) is 0 Å². The number of carbonyl (C=O) groups is 2. The number of hydrogen-bond donors (Lipinski definition) is 3. The lowest BCUT2D eigenvalue weighted by Crippen LogP contribution is -2.28. The molecule has 6 nitrogen and oxygen atoms in total. The van der Waals surface area contributed by atoms with Crippen molar-refractivity contribution in [3.63, 3.8) is 0 Å². The van der Waals surface area contributed by atoms with Crippen LogP contribution in [0.1, 0.15) is 40.0 Å². The van der Waals surface area contributed by atoms with E-state index in [2.05, 4.69) is 20.9 Å². The van der Waals surface area contributed by atoms with Crippen LogP contribution in [0.2, 0.25) is 0 Å². The second-order valence-electron chi connectivity index (χ2n) is 7.04. The maximum absolute atomic E-state index is 12.5. The van der Waals surface area contributed by atoms with Crippen molar-refractivity contribution in [3.8, 4) is 0 Å². The fourth-order valence-corrected chi connectivity index (χ4v) is 3.64. The summed E-state index contributed by atoms with van der Waals surface area (Å²) in [6.07, 6.45) is 3.51. The van der Waals surface area contributed by atoms with Crippen LogP contribution in [-0.2, 0) is 0 Å². The highest BCUT2D eigenvalue weighted by atomic mass is 16.2. The van der Waals surface area contributed by atoms with Gasteiger partial charge in [-0.15, -0.1) is 0 Å². The summed E-state index contributed by atoms with van der Waals surface area (Å²) in [6.45, 7) is 4.03. The second kappa shape index (κ2) is 7.80. The minimum atomic E-state index is -0.181. The Balaban J connectivity index is 1.40. The number of fused-ring (bicyclic) bond motifs is 2. The number of likely N-dealkylation sites (tertiary alicyclic amines) is 1. The van der Waals surface area contributed by atoms with E-state index in [-0.39, 0.29) is 11.8 Å². The molecular weight excluding hydrogens is 340 g/mol. The molecule has 6 heteroatoms. The normalized spacial score (nSPS) is 15.9. The molecule has 0 saturated carbocycles. The Labute approximate surface area is 158 Å². The van der Waals surface area contributed by atoms with E-state index in [9.17, 15) is 9.59 Å². The van der Waals surface area contributed by atoms with Gasteiger partial charge in [-0.3, -0.25) is 9.59 Å². The van der Waals surface area contributed by atoms with Crippen molar-refractivity contribution in [1.29, 1.82) is 0 Å². The van der Waals surface area contributed by atoms with E-state index in [4.69, 9.17) is 0 Å². The summed E-state index contributed by atoms with van der Waals surface area (Å²) in [7, 11) is 0. The number of benzene rings is 2. The van der Waals surface area contributed by atoms with Crippen LogP contribution in [0.4, 0.5) is 17.1 Å². The van der Waals surface area contributed by atoms with Gasteiger partial charge in [0.05, 0.1) is 22.6 Å². The Kier molecular flexibility index (Phi) is 5.07. The minimum Gasteiger partial charge on any atom is -0.353 e. The Bertz CT molecular complexity index is 859. The average molecular weight is 364 g/mol. The Morgan fingerprint density at radius 2 is 1.81 bits per heavy atom. The molecule has 0 bridgehead atoms. The van der Waals surface area contributed by atoms with E-state index in [1.807, 2.05) is 24.3 Å². The highest BCUT2D eigenvalue weighted by molar-refractivity contribution is 6.12. The first-order chi connectivity index (χ1) is 13.2. The first-order valence-corrected chi connectivity index (χ1v) is 9.53. The molecule has 4 rings (SSSR count). The summed E-state index contributed by atoms with van der Waals surface area (Å²) in [5, 5.41) is 9.13. The monoisotopic (exact) mass is 364 g/mol. The zero-order valence-electron chi connectivity index (χ0n) is 15.3. The van der Waals surface area contributed by atoms with Gasteiger partial charge in [0, 0.05) is 12.1 Å². The van der Waals surface area contributed by atoms with Gasteiger partial charge in [-0.1, -0.05) is 12.1 Å². The van der Waals surface area contributed by atoms with Gasteiger partial charge in [-0.25, -0.2) is 0 Å². The topological polar surface area (TPSA) is 73.5 Å². The van der Waals surface area contributed by atoms with Gasteiger partial charge in [0.1, 0.15) is 0 Å². The summed E-state index contributed by atoms with van der Waals surface area (Å²) in [6, 6.07) is 12.7. The van der Waals surface area contributed by atoms with E-state index >= 15 is 0 Å². The lowest BCUT2D eigenvalue weighted by molar-refractivity contribution is 0.0950. The Morgan fingerprint density at radius 3 is 2.67 bits per heavy atom. The molecule has 2 heterocycles. The van der Waals surface area contributed by atoms with Gasteiger partial charge >= 0.3 is 0 Å². The zero-order valence-corrected chi connectivity index (χ0v) is 15.3. The van der Waals surface area contributed by atoms with Crippen molar-refractivity contribution in [1.82, 2.24) is 10.2 Å². The number of carbonyl (C=O) groups excluding carboxylic acids is 2. The van der Waals surface area contributed by atoms with Crippen LogP contribution in [-0.4, -0.2) is 42.9 Å². The number of amides is 2. The van der Waals surface area contributed by atoms with Gasteiger partial charge < -0.3 is 20.9 Å². The van der Waals surface area contributed by atoms with Crippen molar-refractivity contribution in [3.05, 3.63) is 53.6 Å². The molecule has 3 N–H and O–H groups in total. The van der Waals surface area contributed by atoms with Crippen molar-refractivity contribution >= 4 is 28.9 Å². The minimum absolute atomic E-state index is 0.116. The van der Waals surface area contributed by atoms with E-state index in [1.54, 1.807) is 18.2 Å². The molecule has 0 aromatic heterocycles. The van der Waals surface area contributed by atoms with Crippen LogP contribution in [0.3, 0.4) is 0 Å². The van der Waals surface area contributed by atoms with Crippen LogP contribution in [0.15, 0.2) is 42.5 Å². The Hall–Kier alpha value is -2.86. The van der Waals surface area contributed by atoms with Gasteiger partial charge in [-0.05, 0) is 69.2 Å². The highest BCUT2D eigenvalue weighted by Gasteiger charge is 2.19. The molecule has 27 heavy (non-hydrogen) atoms. The smallest absolute Gasteiger partial charge is 0.257 e. The third-order valence-corrected chi connectivity index (χ3v) is 5.11. The number of anilines is 3. The lowest BCUT2D eigenvalue weighted by atomic mass is 10.1. The first-order valence-electron chi connectivity index (χ1n) is 9.53. The number of para-hydroxylation sites is 1. The Morgan fingerprint density at radius 1 is 1.00 bits per heavy atom. The van der Waals surface area contributed by atoms with E-state index in [1.165, 1.54) is 25.9 Å². The summed E-state index contributed by atoms with van der Waals surface area (Å²) < 4.78 is 0. The summed E-state index contributed by atoms with van der Waals surface area (Å²) in [5.74, 6) is -0.296. The van der Waals surface area contributed by atoms with Gasteiger partial charge in [-0.2, -0.15) is 0 Å². The van der Waals surface area contributed by atoms with Crippen LogP contribution in [0.25, 0.3) is 0 Å². The maximum Gasteiger partial charge on any atom is 0.257 e. The highest BCUT2D eigenvalue weighted by Crippen LogP contribution is 2.32. The standard InChI is InChI=1S/C21H24N4O2/c26-20(22-10-5-13-25-11-3-4-12-25)15-8-9-18-19(14-15)24-21(27)16-6-1-2-7-17(16)23-18/h1-2,6-9,14,23H,3-5,10-13H2,(H,22,26)(H,24,27). The number of nitrogens with one attached hydrogen (secondary N) is 3. The second-order valence-corrected chi connectivity index (χ2v) is 7.04. The quantitative estimate of drug-likeness (QED) is 0.713. The van der Waals surface area contributed by atoms with Crippen molar-refractivity contribution < 1.29 is 9.59 Å². The maximum atomic E-state index is 12.5. The molecule has 0 spiro atoms. The number of rotatable bonds is 5. The third kappa shape index (κ3) is 3.95. The summed E-state index contributed by atoms with van der Waals surface area (Å²) in [5.41, 5.74) is 3.28. The number of nitrogens with zero attached hydrogens (tertiary/aromatic N) is 1. The lowest BCUT2D eigenvalue weighted by Gasteiger charge is -2.14. The molecular formula is C21H24N4O2. The predicted octanol–water partition coefficient (Wildman–Crippen LogP) is 3.21. The van der Waals surface area contributed by atoms with E-state index in [0.717, 1.165) is 24.3 Å². The zero-order chi connectivity index (χ0) is 18.6. The fraction of sp³-hybridized carbons (Fsp3) is 0.333. The largest absolute Gasteiger partial charge is 0.353 e. The molecule has 140 valence electrons. The fourth-order valence-electron chi connectivity index (χ4n) is 3.64. The molecule has 0 aliphatic carbocycles. The van der Waals surface area contributed by atoms with Crippen LogP contribution < -0.4 is 16.0 Å². The van der Waals surface area contributed by atoms with E-state index < -0.39 is 0 Å². The van der Waals surface area contributed by atoms with Crippen LogP contribution in [0, 0.1) is 0 Å². The van der Waals surface area contributed by atoms with E-state index in [0.29, 0.717) is 23.4 Å². The van der Waals surface area contributed by atoms with Crippen LogP contribution >= 0.6 is 0 Å². The number of hydrogen-bond acceptors (Lipinski definition) is 4. The molecule has 0 radical (unpaired) electrons. The van der Waals surface area contributed by atoms with Crippen molar-refractivity contribution in [2.45, 2.75) is 19.3 Å². The molecule has 2 aliphatic heterocycles. The van der Waals surface area contributed by atoms with Gasteiger partial charge in [0.25, 0.3) is 11.8 Å². The van der Waals surface area contributed by atoms with Crippen molar-refractivity contribution in [2.75, 3.05) is 36.8 Å².